The van der Waals surface area contributed by atoms with Crippen LogP contribution < -0.4 is 15.2 Å². The van der Waals surface area contributed by atoms with Crippen LogP contribution in [0.15, 0.2) is 18.2 Å². The molecular formula is C14H18N2O3. The SMILES string of the molecule is NCC(=O)N1CCC(c2ccc3c(c2)OCO3)CC1. The second kappa shape index (κ2) is 5.09. The van der Waals surface area contributed by atoms with Crippen molar-refractivity contribution < 1.29 is 14.3 Å². The Kier molecular flexibility index (Phi) is 3.29. The molecule has 1 saturated heterocycles. The van der Waals surface area contributed by atoms with Crippen molar-refractivity contribution in [2.75, 3.05) is 26.4 Å². The third kappa shape index (κ3) is 2.38. The van der Waals surface area contributed by atoms with Crippen molar-refractivity contribution in [2.45, 2.75) is 18.8 Å². The van der Waals surface area contributed by atoms with Gasteiger partial charge in [-0.2, -0.15) is 0 Å². The van der Waals surface area contributed by atoms with Crippen LogP contribution in [0.5, 0.6) is 11.5 Å². The topological polar surface area (TPSA) is 64.8 Å². The molecule has 1 aromatic rings. The summed E-state index contributed by atoms with van der Waals surface area (Å²) < 4.78 is 10.7. The molecule has 1 aromatic carbocycles. The number of piperidine rings is 1. The third-order valence-corrected chi connectivity index (χ3v) is 3.89. The summed E-state index contributed by atoms with van der Waals surface area (Å²) in [4.78, 5) is 13.4. The molecule has 0 atom stereocenters. The Labute approximate surface area is 112 Å². The Morgan fingerprint density at radius 3 is 2.74 bits per heavy atom. The highest BCUT2D eigenvalue weighted by molar-refractivity contribution is 5.78. The number of fused-ring (bicyclic) bond motifs is 1. The average molecular weight is 262 g/mol. The number of ether oxygens (including phenoxy) is 2. The highest BCUT2D eigenvalue weighted by atomic mass is 16.7. The third-order valence-electron chi connectivity index (χ3n) is 3.89. The predicted octanol–water partition coefficient (Wildman–Crippen LogP) is 1.08. The predicted molar refractivity (Wildman–Crippen MR) is 70.2 cm³/mol. The van der Waals surface area contributed by atoms with Crippen molar-refractivity contribution in [3.63, 3.8) is 0 Å². The number of carbonyl (C=O) groups excluding carboxylic acids is 1. The lowest BCUT2D eigenvalue weighted by atomic mass is 9.89. The van der Waals surface area contributed by atoms with Crippen molar-refractivity contribution in [2.24, 2.45) is 5.73 Å². The summed E-state index contributed by atoms with van der Waals surface area (Å²) in [5, 5.41) is 0. The fourth-order valence-corrected chi connectivity index (χ4v) is 2.76. The van der Waals surface area contributed by atoms with Crippen molar-refractivity contribution >= 4 is 5.91 Å². The number of hydrogen-bond donors (Lipinski definition) is 1. The van der Waals surface area contributed by atoms with E-state index < -0.39 is 0 Å². The first-order valence-corrected chi connectivity index (χ1v) is 6.65. The zero-order valence-electron chi connectivity index (χ0n) is 10.8. The Morgan fingerprint density at radius 2 is 2.00 bits per heavy atom. The number of nitrogens with two attached hydrogens (primary N) is 1. The molecule has 0 aromatic heterocycles. The van der Waals surface area contributed by atoms with Crippen LogP contribution in [-0.2, 0) is 4.79 Å². The first kappa shape index (κ1) is 12.3. The molecule has 0 unspecified atom stereocenters. The van der Waals surface area contributed by atoms with Gasteiger partial charge in [-0.15, -0.1) is 0 Å². The van der Waals surface area contributed by atoms with Crippen molar-refractivity contribution in [1.82, 2.24) is 4.90 Å². The van der Waals surface area contributed by atoms with Crippen molar-refractivity contribution in [1.29, 1.82) is 0 Å². The lowest BCUT2D eigenvalue weighted by Crippen LogP contribution is -2.41. The van der Waals surface area contributed by atoms with Crippen molar-refractivity contribution in [3.05, 3.63) is 23.8 Å². The molecule has 1 amide bonds. The van der Waals surface area contributed by atoms with Crippen LogP contribution >= 0.6 is 0 Å². The summed E-state index contributed by atoms with van der Waals surface area (Å²) in [6.07, 6.45) is 1.96. The molecule has 2 heterocycles. The Morgan fingerprint density at radius 1 is 1.26 bits per heavy atom. The number of benzene rings is 1. The Balaban J connectivity index is 1.67. The van der Waals surface area contributed by atoms with Gasteiger partial charge in [-0.3, -0.25) is 4.79 Å². The summed E-state index contributed by atoms with van der Waals surface area (Å²) in [6, 6.07) is 6.13. The molecule has 0 aliphatic carbocycles. The van der Waals surface area contributed by atoms with Gasteiger partial charge in [0.25, 0.3) is 0 Å². The molecule has 3 rings (SSSR count). The minimum atomic E-state index is 0.0455. The quantitative estimate of drug-likeness (QED) is 0.866. The molecule has 5 nitrogen and oxygen atoms in total. The molecule has 2 aliphatic rings. The van der Waals surface area contributed by atoms with E-state index in [1.54, 1.807) is 0 Å². The van der Waals surface area contributed by atoms with E-state index >= 15 is 0 Å². The van der Waals surface area contributed by atoms with Gasteiger partial charge in [-0.25, -0.2) is 0 Å². The number of nitrogens with zero attached hydrogens (tertiary/aromatic N) is 1. The van der Waals surface area contributed by atoms with E-state index in [1.165, 1.54) is 5.56 Å². The molecule has 0 saturated carbocycles. The molecule has 0 spiro atoms. The van der Waals surface area contributed by atoms with E-state index in [2.05, 4.69) is 12.1 Å². The summed E-state index contributed by atoms with van der Waals surface area (Å²) in [5.74, 6) is 2.18. The van der Waals surface area contributed by atoms with Crippen LogP contribution in [0.2, 0.25) is 0 Å². The zero-order chi connectivity index (χ0) is 13.2. The second-order valence-electron chi connectivity index (χ2n) is 4.97. The van der Waals surface area contributed by atoms with Crippen LogP contribution in [0.1, 0.15) is 24.3 Å². The van der Waals surface area contributed by atoms with E-state index in [0.717, 1.165) is 37.4 Å². The van der Waals surface area contributed by atoms with Gasteiger partial charge in [-0.1, -0.05) is 6.07 Å². The molecule has 19 heavy (non-hydrogen) atoms. The molecule has 0 radical (unpaired) electrons. The van der Waals surface area contributed by atoms with Gasteiger partial charge in [0.1, 0.15) is 0 Å². The molecule has 102 valence electrons. The first-order valence-electron chi connectivity index (χ1n) is 6.65. The average Bonchev–Trinajstić information content (AvgIpc) is 2.94. The van der Waals surface area contributed by atoms with Crippen LogP contribution in [0, 0.1) is 0 Å². The fraction of sp³-hybridized carbons (Fsp3) is 0.500. The number of hydrogen-bond acceptors (Lipinski definition) is 4. The lowest BCUT2D eigenvalue weighted by molar-refractivity contribution is -0.130. The van der Waals surface area contributed by atoms with E-state index in [4.69, 9.17) is 15.2 Å². The molecule has 1 fully saturated rings. The minimum absolute atomic E-state index is 0.0455. The molecule has 2 aliphatic heterocycles. The van der Waals surface area contributed by atoms with Gasteiger partial charge in [0.05, 0.1) is 6.54 Å². The maximum absolute atomic E-state index is 11.5. The highest BCUT2D eigenvalue weighted by Gasteiger charge is 2.24. The van der Waals surface area contributed by atoms with Crippen LogP contribution in [-0.4, -0.2) is 37.2 Å². The van der Waals surface area contributed by atoms with Gasteiger partial charge in [0.15, 0.2) is 11.5 Å². The summed E-state index contributed by atoms with van der Waals surface area (Å²) >= 11 is 0. The van der Waals surface area contributed by atoms with Gasteiger partial charge >= 0.3 is 0 Å². The van der Waals surface area contributed by atoms with Gasteiger partial charge < -0.3 is 20.1 Å². The lowest BCUT2D eigenvalue weighted by Gasteiger charge is -2.32. The normalized spacial score (nSPS) is 18.7. The standard InChI is InChI=1S/C14H18N2O3/c15-8-14(17)16-5-3-10(4-6-16)11-1-2-12-13(7-11)19-9-18-12/h1-2,7,10H,3-6,8-9,15H2. The Hall–Kier alpha value is -1.75. The van der Waals surface area contributed by atoms with E-state index in [-0.39, 0.29) is 12.5 Å². The van der Waals surface area contributed by atoms with E-state index in [9.17, 15) is 4.79 Å². The largest absolute Gasteiger partial charge is 0.454 e. The van der Waals surface area contributed by atoms with E-state index in [0.29, 0.717) is 12.7 Å². The van der Waals surface area contributed by atoms with Gasteiger partial charge in [0, 0.05) is 13.1 Å². The Bertz CT molecular complexity index is 482. The summed E-state index contributed by atoms with van der Waals surface area (Å²) in [7, 11) is 0. The molecule has 5 heteroatoms. The number of carbonyl (C=O) groups is 1. The maximum Gasteiger partial charge on any atom is 0.236 e. The zero-order valence-corrected chi connectivity index (χ0v) is 10.8. The minimum Gasteiger partial charge on any atom is -0.454 e. The highest BCUT2D eigenvalue weighted by Crippen LogP contribution is 2.37. The fourth-order valence-electron chi connectivity index (χ4n) is 2.76. The van der Waals surface area contributed by atoms with Crippen LogP contribution in [0.4, 0.5) is 0 Å². The molecule has 0 bridgehead atoms. The summed E-state index contributed by atoms with van der Waals surface area (Å²) in [5.41, 5.74) is 6.66. The maximum atomic E-state index is 11.5. The van der Waals surface area contributed by atoms with Gasteiger partial charge in [0.2, 0.25) is 12.7 Å². The number of amides is 1. The first-order chi connectivity index (χ1) is 9.28. The van der Waals surface area contributed by atoms with Gasteiger partial charge in [-0.05, 0) is 36.5 Å². The molecule has 2 N–H and O–H groups in total. The second-order valence-corrected chi connectivity index (χ2v) is 4.97. The smallest absolute Gasteiger partial charge is 0.236 e. The van der Waals surface area contributed by atoms with Crippen LogP contribution in [0.25, 0.3) is 0 Å². The number of likely N-dealkylation sites (tertiary alicyclic amines) is 1. The van der Waals surface area contributed by atoms with Crippen LogP contribution in [0.3, 0.4) is 0 Å². The molecular weight excluding hydrogens is 244 g/mol. The summed E-state index contributed by atoms with van der Waals surface area (Å²) in [6.45, 7) is 1.99. The van der Waals surface area contributed by atoms with Crippen molar-refractivity contribution in [3.8, 4) is 11.5 Å². The number of rotatable bonds is 2. The van der Waals surface area contributed by atoms with E-state index in [1.807, 2.05) is 11.0 Å². The monoisotopic (exact) mass is 262 g/mol.